The topological polar surface area (TPSA) is 56.7 Å². The summed E-state index contributed by atoms with van der Waals surface area (Å²) in [6.45, 7) is 5.82. The predicted molar refractivity (Wildman–Crippen MR) is 116 cm³/mol. The third-order valence-electron chi connectivity index (χ3n) is 4.07. The van der Waals surface area contributed by atoms with E-state index in [0.29, 0.717) is 18.3 Å². The summed E-state index contributed by atoms with van der Waals surface area (Å²) in [5.74, 6) is 2.39. The first-order valence-corrected chi connectivity index (χ1v) is 9.70. The number of guanidine groups is 1. The summed E-state index contributed by atoms with van der Waals surface area (Å²) in [6, 6.07) is 7.76. The van der Waals surface area contributed by atoms with Gasteiger partial charge in [-0.2, -0.15) is 11.8 Å². The number of hydrogen-bond acceptors (Lipinski definition) is 3. The summed E-state index contributed by atoms with van der Waals surface area (Å²) in [6.07, 6.45) is 5.09. The minimum Gasteiger partial charge on any atom is -0.508 e. The van der Waals surface area contributed by atoms with E-state index in [2.05, 4.69) is 41.2 Å². The van der Waals surface area contributed by atoms with Crippen molar-refractivity contribution < 1.29 is 5.11 Å². The molecule has 6 heteroatoms. The molecule has 0 aromatic heterocycles. The zero-order chi connectivity index (χ0) is 16.5. The second-order valence-corrected chi connectivity index (χ2v) is 7.52. The van der Waals surface area contributed by atoms with Crippen LogP contribution in [0.3, 0.4) is 0 Å². The summed E-state index contributed by atoms with van der Waals surface area (Å²) in [5.41, 5.74) is 1.10. The second-order valence-electron chi connectivity index (χ2n) is 5.95. The van der Waals surface area contributed by atoms with Gasteiger partial charge < -0.3 is 15.7 Å². The SMILES string of the molecule is CCNC(=NCc1ccc(O)cc1)NC1CCCC(SCC)C1.I. The minimum atomic E-state index is 0. The maximum absolute atomic E-state index is 9.34. The van der Waals surface area contributed by atoms with Gasteiger partial charge in [-0.15, -0.1) is 24.0 Å². The molecule has 0 bridgehead atoms. The summed E-state index contributed by atoms with van der Waals surface area (Å²) in [7, 11) is 0. The maximum Gasteiger partial charge on any atom is 0.191 e. The highest BCUT2D eigenvalue weighted by atomic mass is 127. The summed E-state index contributed by atoms with van der Waals surface area (Å²) < 4.78 is 0. The number of halogens is 1. The van der Waals surface area contributed by atoms with Crippen molar-refractivity contribution in [3.63, 3.8) is 0 Å². The Hall–Kier alpha value is -0.630. The van der Waals surface area contributed by atoms with Crippen LogP contribution in [0.15, 0.2) is 29.3 Å². The van der Waals surface area contributed by atoms with Crippen molar-refractivity contribution in [1.29, 1.82) is 0 Å². The molecule has 1 saturated carbocycles. The molecule has 3 N–H and O–H groups in total. The first-order valence-electron chi connectivity index (χ1n) is 8.65. The van der Waals surface area contributed by atoms with E-state index in [9.17, 15) is 5.11 Å². The first-order chi connectivity index (χ1) is 11.2. The van der Waals surface area contributed by atoms with E-state index in [1.807, 2.05) is 12.1 Å². The molecule has 1 aromatic carbocycles. The van der Waals surface area contributed by atoms with Crippen LogP contribution in [0, 0.1) is 0 Å². The highest BCUT2D eigenvalue weighted by Gasteiger charge is 2.22. The molecular formula is C18H30IN3OS. The third-order valence-corrected chi connectivity index (χ3v) is 5.30. The zero-order valence-electron chi connectivity index (χ0n) is 14.6. The lowest BCUT2D eigenvalue weighted by molar-refractivity contribution is 0.419. The van der Waals surface area contributed by atoms with Crippen molar-refractivity contribution in [1.82, 2.24) is 10.6 Å². The third kappa shape index (κ3) is 7.51. The van der Waals surface area contributed by atoms with Gasteiger partial charge in [-0.25, -0.2) is 4.99 Å². The predicted octanol–water partition coefficient (Wildman–Crippen LogP) is 4.13. The van der Waals surface area contributed by atoms with Gasteiger partial charge in [-0.05, 0) is 49.6 Å². The average molecular weight is 463 g/mol. The van der Waals surface area contributed by atoms with Gasteiger partial charge in [0, 0.05) is 17.8 Å². The van der Waals surface area contributed by atoms with Crippen LogP contribution in [0.2, 0.25) is 0 Å². The molecule has 2 unspecified atom stereocenters. The van der Waals surface area contributed by atoms with Gasteiger partial charge in [0.05, 0.1) is 6.54 Å². The van der Waals surface area contributed by atoms with Crippen molar-refractivity contribution in [2.45, 2.75) is 57.4 Å². The normalized spacial score (nSPS) is 21.0. The Bertz CT molecular complexity index is 494. The highest BCUT2D eigenvalue weighted by molar-refractivity contribution is 14.0. The molecule has 4 nitrogen and oxygen atoms in total. The van der Waals surface area contributed by atoms with E-state index in [-0.39, 0.29) is 24.0 Å². The van der Waals surface area contributed by atoms with Crippen LogP contribution in [0.25, 0.3) is 0 Å². The quantitative estimate of drug-likeness (QED) is 0.338. The number of thioether (sulfide) groups is 1. The largest absolute Gasteiger partial charge is 0.508 e. The van der Waals surface area contributed by atoms with Crippen LogP contribution in [0.1, 0.15) is 45.1 Å². The monoisotopic (exact) mass is 463 g/mol. The first kappa shape index (κ1) is 21.4. The van der Waals surface area contributed by atoms with E-state index in [0.717, 1.165) is 23.3 Å². The molecule has 0 aliphatic heterocycles. The van der Waals surface area contributed by atoms with Crippen LogP contribution in [0.4, 0.5) is 0 Å². The van der Waals surface area contributed by atoms with Crippen molar-refractivity contribution >= 4 is 41.7 Å². The Morgan fingerprint density at radius 1 is 1.25 bits per heavy atom. The number of phenols is 1. The van der Waals surface area contributed by atoms with E-state index in [4.69, 9.17) is 0 Å². The van der Waals surface area contributed by atoms with Crippen LogP contribution in [0.5, 0.6) is 5.75 Å². The Morgan fingerprint density at radius 3 is 2.67 bits per heavy atom. The number of nitrogens with zero attached hydrogens (tertiary/aromatic N) is 1. The van der Waals surface area contributed by atoms with Crippen molar-refractivity contribution in [3.05, 3.63) is 29.8 Å². The molecule has 0 saturated heterocycles. The van der Waals surface area contributed by atoms with Crippen molar-refractivity contribution in [2.24, 2.45) is 4.99 Å². The lowest BCUT2D eigenvalue weighted by Gasteiger charge is -2.30. The fourth-order valence-electron chi connectivity index (χ4n) is 2.95. The van der Waals surface area contributed by atoms with E-state index >= 15 is 0 Å². The van der Waals surface area contributed by atoms with E-state index < -0.39 is 0 Å². The molecule has 2 atom stereocenters. The standard InChI is InChI=1S/C18H29N3OS.HI/c1-3-19-18(20-13-14-8-10-16(22)11-9-14)21-15-6-5-7-17(12-15)23-4-2;/h8-11,15,17,22H,3-7,12-13H2,1-2H3,(H2,19,20,21);1H. The maximum atomic E-state index is 9.34. The summed E-state index contributed by atoms with van der Waals surface area (Å²) in [5, 5.41) is 17.1. The van der Waals surface area contributed by atoms with E-state index in [1.54, 1.807) is 12.1 Å². The average Bonchev–Trinajstić information content (AvgIpc) is 2.55. The Balaban J connectivity index is 0.00000288. The molecule has 1 aromatic rings. The molecule has 24 heavy (non-hydrogen) atoms. The Morgan fingerprint density at radius 2 is 2.00 bits per heavy atom. The number of aliphatic imine (C=N–C) groups is 1. The second kappa shape index (κ2) is 11.8. The fourth-order valence-corrected chi connectivity index (χ4v) is 4.12. The van der Waals surface area contributed by atoms with Gasteiger partial charge in [0.25, 0.3) is 0 Å². The van der Waals surface area contributed by atoms with Gasteiger partial charge in [0.1, 0.15) is 5.75 Å². The highest BCUT2D eigenvalue weighted by Crippen LogP contribution is 2.28. The van der Waals surface area contributed by atoms with Crippen LogP contribution in [-0.4, -0.2) is 34.7 Å². The number of nitrogens with one attached hydrogen (secondary N) is 2. The molecule has 136 valence electrons. The molecule has 1 aliphatic carbocycles. The molecule has 1 aliphatic rings. The van der Waals surface area contributed by atoms with Gasteiger partial charge in [-0.3, -0.25) is 0 Å². The minimum absolute atomic E-state index is 0. The van der Waals surface area contributed by atoms with Gasteiger partial charge in [-0.1, -0.05) is 25.5 Å². The molecule has 0 amide bonds. The number of phenolic OH excluding ortho intramolecular Hbond substituents is 1. The van der Waals surface area contributed by atoms with Gasteiger partial charge in [0.15, 0.2) is 5.96 Å². The van der Waals surface area contributed by atoms with Crippen molar-refractivity contribution in [2.75, 3.05) is 12.3 Å². The van der Waals surface area contributed by atoms with E-state index in [1.165, 1.54) is 31.4 Å². The van der Waals surface area contributed by atoms with Crippen LogP contribution >= 0.6 is 35.7 Å². The van der Waals surface area contributed by atoms with Crippen LogP contribution in [-0.2, 0) is 6.54 Å². The summed E-state index contributed by atoms with van der Waals surface area (Å²) in [4.78, 5) is 4.68. The number of benzene rings is 1. The zero-order valence-corrected chi connectivity index (χ0v) is 17.8. The van der Waals surface area contributed by atoms with Crippen LogP contribution < -0.4 is 10.6 Å². The lowest BCUT2D eigenvalue weighted by atomic mass is 9.95. The van der Waals surface area contributed by atoms with Gasteiger partial charge >= 0.3 is 0 Å². The Kier molecular flexibility index (Phi) is 10.6. The molecule has 0 spiro atoms. The number of rotatable bonds is 6. The lowest BCUT2D eigenvalue weighted by Crippen LogP contribution is -2.45. The molecule has 2 rings (SSSR count). The smallest absolute Gasteiger partial charge is 0.191 e. The number of aromatic hydroxyl groups is 1. The molecule has 1 fully saturated rings. The molecular weight excluding hydrogens is 433 g/mol. The molecule has 0 heterocycles. The Labute approximate surface area is 167 Å². The molecule has 0 radical (unpaired) electrons. The summed E-state index contributed by atoms with van der Waals surface area (Å²) >= 11 is 2.08. The fraction of sp³-hybridized carbons (Fsp3) is 0.611. The van der Waals surface area contributed by atoms with Gasteiger partial charge in [0.2, 0.25) is 0 Å². The van der Waals surface area contributed by atoms with Crippen molar-refractivity contribution in [3.8, 4) is 5.75 Å². The number of hydrogen-bond donors (Lipinski definition) is 3.